The Balaban J connectivity index is 2.93. The van der Waals surface area contributed by atoms with Crippen molar-refractivity contribution in [2.24, 2.45) is 0 Å². The van der Waals surface area contributed by atoms with E-state index in [1.54, 1.807) is 0 Å². The van der Waals surface area contributed by atoms with Gasteiger partial charge in [-0.25, -0.2) is 0 Å². The fourth-order valence-electron chi connectivity index (χ4n) is 1.19. The van der Waals surface area contributed by atoms with Crippen molar-refractivity contribution in [2.75, 3.05) is 58.7 Å². The quantitative estimate of drug-likeness (QED) is 0.264. The molecule has 0 radical (unpaired) electrons. The Morgan fingerprint density at radius 1 is 0.737 bits per heavy atom. The van der Waals surface area contributed by atoms with Gasteiger partial charge < -0.3 is 18.9 Å². The van der Waals surface area contributed by atoms with Crippen molar-refractivity contribution in [3.8, 4) is 0 Å². The van der Waals surface area contributed by atoms with E-state index in [4.69, 9.17) is 30.5 Å². The van der Waals surface area contributed by atoms with Crippen molar-refractivity contribution in [1.29, 1.82) is 0 Å². The number of allylic oxidation sites excluding steroid dienone is 1. The van der Waals surface area contributed by atoms with E-state index in [2.05, 4.69) is 6.92 Å². The summed E-state index contributed by atoms with van der Waals surface area (Å²) >= 11 is 5.47. The highest BCUT2D eigenvalue weighted by Gasteiger charge is 1.91. The minimum Gasteiger partial charge on any atom is -0.379 e. The number of hydrogen-bond donors (Lipinski definition) is 0. The van der Waals surface area contributed by atoms with Gasteiger partial charge >= 0.3 is 0 Å². The van der Waals surface area contributed by atoms with E-state index in [1.807, 2.05) is 12.2 Å². The molecule has 0 aliphatic rings. The molecule has 0 saturated carbocycles. The first kappa shape index (κ1) is 18.9. The summed E-state index contributed by atoms with van der Waals surface area (Å²) in [5.41, 5.74) is 0. The van der Waals surface area contributed by atoms with Crippen molar-refractivity contribution in [3.05, 3.63) is 12.2 Å². The van der Waals surface area contributed by atoms with Crippen LogP contribution in [0.1, 0.15) is 19.8 Å². The van der Waals surface area contributed by atoms with Crippen LogP contribution >= 0.6 is 11.6 Å². The second kappa shape index (κ2) is 17.9. The summed E-state index contributed by atoms with van der Waals surface area (Å²) in [5.74, 6) is 0.527. The maximum Gasteiger partial charge on any atom is 0.0704 e. The zero-order valence-corrected chi connectivity index (χ0v) is 12.7. The van der Waals surface area contributed by atoms with E-state index >= 15 is 0 Å². The van der Waals surface area contributed by atoms with Gasteiger partial charge in [0.2, 0.25) is 0 Å². The van der Waals surface area contributed by atoms with Crippen molar-refractivity contribution in [1.82, 2.24) is 0 Å². The van der Waals surface area contributed by atoms with Crippen LogP contribution in [-0.2, 0) is 18.9 Å². The molecule has 0 spiro atoms. The van der Waals surface area contributed by atoms with Crippen LogP contribution < -0.4 is 0 Å². The predicted octanol–water partition coefficient (Wildman–Crippen LogP) is 2.65. The van der Waals surface area contributed by atoms with E-state index in [-0.39, 0.29) is 0 Å². The zero-order valence-electron chi connectivity index (χ0n) is 11.9. The predicted molar refractivity (Wildman–Crippen MR) is 78.0 cm³/mol. The van der Waals surface area contributed by atoms with Gasteiger partial charge in [-0.15, -0.1) is 11.6 Å². The molecule has 0 aliphatic carbocycles. The summed E-state index contributed by atoms with van der Waals surface area (Å²) < 4.78 is 21.4. The van der Waals surface area contributed by atoms with Crippen LogP contribution in [0.25, 0.3) is 0 Å². The van der Waals surface area contributed by atoms with Crippen molar-refractivity contribution >= 4 is 11.6 Å². The lowest BCUT2D eigenvalue weighted by Crippen LogP contribution is -2.12. The lowest BCUT2D eigenvalue weighted by Gasteiger charge is -2.06. The standard InChI is InChI=1S/C14H27ClO4/c1-2-3-7-16-9-11-18-13-14-19-12-10-17-8-5-4-6-15/h4-5H,2-3,6-14H2,1H3/b5-4+. The lowest BCUT2D eigenvalue weighted by atomic mass is 10.4. The van der Waals surface area contributed by atoms with Gasteiger partial charge in [-0.1, -0.05) is 25.5 Å². The monoisotopic (exact) mass is 294 g/mol. The number of alkyl halides is 1. The van der Waals surface area contributed by atoms with E-state index in [0.29, 0.717) is 52.1 Å². The van der Waals surface area contributed by atoms with Gasteiger partial charge in [0.15, 0.2) is 0 Å². The molecule has 0 aromatic heterocycles. The van der Waals surface area contributed by atoms with Gasteiger partial charge in [-0.2, -0.15) is 0 Å². The fourth-order valence-corrected chi connectivity index (χ4v) is 1.31. The Labute approximate surface area is 122 Å². The van der Waals surface area contributed by atoms with Crippen LogP contribution in [0.3, 0.4) is 0 Å². The summed E-state index contributed by atoms with van der Waals surface area (Å²) in [5, 5.41) is 0. The Morgan fingerprint density at radius 2 is 1.26 bits per heavy atom. The first-order valence-corrected chi connectivity index (χ1v) is 7.47. The average Bonchev–Trinajstić information content (AvgIpc) is 2.43. The molecule has 0 aromatic carbocycles. The first-order chi connectivity index (χ1) is 9.41. The first-order valence-electron chi connectivity index (χ1n) is 6.93. The van der Waals surface area contributed by atoms with Crippen LogP contribution in [-0.4, -0.2) is 58.7 Å². The Morgan fingerprint density at radius 3 is 1.79 bits per heavy atom. The van der Waals surface area contributed by atoms with Gasteiger partial charge in [0.25, 0.3) is 0 Å². The van der Waals surface area contributed by atoms with Crippen LogP contribution in [0.5, 0.6) is 0 Å². The van der Waals surface area contributed by atoms with Crippen LogP contribution in [0.4, 0.5) is 0 Å². The van der Waals surface area contributed by atoms with Crippen molar-refractivity contribution < 1.29 is 18.9 Å². The molecule has 4 nitrogen and oxygen atoms in total. The normalized spacial score (nSPS) is 11.5. The topological polar surface area (TPSA) is 36.9 Å². The molecule has 0 heterocycles. The second-order valence-electron chi connectivity index (χ2n) is 3.89. The highest BCUT2D eigenvalue weighted by atomic mass is 35.5. The van der Waals surface area contributed by atoms with Crippen molar-refractivity contribution in [2.45, 2.75) is 19.8 Å². The maximum absolute atomic E-state index is 5.47. The number of rotatable bonds is 15. The van der Waals surface area contributed by atoms with E-state index < -0.39 is 0 Å². The third-order valence-corrected chi connectivity index (χ3v) is 2.41. The minimum atomic E-state index is 0.527. The van der Waals surface area contributed by atoms with E-state index in [1.165, 1.54) is 6.42 Å². The summed E-state index contributed by atoms with van der Waals surface area (Å²) in [6, 6.07) is 0. The van der Waals surface area contributed by atoms with Crippen LogP contribution in [0, 0.1) is 0 Å². The Hall–Kier alpha value is -0.130. The average molecular weight is 295 g/mol. The molecule has 5 heteroatoms. The maximum atomic E-state index is 5.47. The molecule has 0 N–H and O–H groups in total. The number of unbranched alkanes of at least 4 members (excludes halogenated alkanes) is 1. The smallest absolute Gasteiger partial charge is 0.0704 e. The second-order valence-corrected chi connectivity index (χ2v) is 4.20. The number of hydrogen-bond acceptors (Lipinski definition) is 4. The van der Waals surface area contributed by atoms with Crippen LogP contribution in [0.2, 0.25) is 0 Å². The summed E-state index contributed by atoms with van der Waals surface area (Å²) in [6.45, 7) is 7.22. The highest BCUT2D eigenvalue weighted by Crippen LogP contribution is 1.88. The molecule has 0 amide bonds. The third-order valence-electron chi connectivity index (χ3n) is 2.23. The summed E-state index contributed by atoms with van der Waals surface area (Å²) in [6.07, 6.45) is 6.04. The van der Waals surface area contributed by atoms with Gasteiger partial charge in [0, 0.05) is 12.5 Å². The van der Waals surface area contributed by atoms with Crippen LogP contribution in [0.15, 0.2) is 12.2 Å². The van der Waals surface area contributed by atoms with Gasteiger partial charge in [0.1, 0.15) is 0 Å². The number of ether oxygens (including phenoxy) is 4. The molecular weight excluding hydrogens is 268 g/mol. The molecule has 114 valence electrons. The van der Waals surface area contributed by atoms with Gasteiger partial charge in [0.05, 0.1) is 46.2 Å². The highest BCUT2D eigenvalue weighted by molar-refractivity contribution is 6.18. The summed E-state index contributed by atoms with van der Waals surface area (Å²) in [4.78, 5) is 0. The van der Waals surface area contributed by atoms with Gasteiger partial charge in [-0.05, 0) is 6.42 Å². The molecule has 0 unspecified atom stereocenters. The number of halogens is 1. The van der Waals surface area contributed by atoms with E-state index in [9.17, 15) is 0 Å². The Kier molecular flexibility index (Phi) is 17.7. The Bertz CT molecular complexity index is 188. The fraction of sp³-hybridized carbons (Fsp3) is 0.857. The molecule has 0 saturated heterocycles. The molecule has 0 rings (SSSR count). The minimum absolute atomic E-state index is 0.527. The van der Waals surface area contributed by atoms with E-state index in [0.717, 1.165) is 13.0 Å². The van der Waals surface area contributed by atoms with Gasteiger partial charge in [-0.3, -0.25) is 0 Å². The molecule has 0 atom stereocenters. The molecule has 0 bridgehead atoms. The molecule has 0 fully saturated rings. The molecule has 0 aromatic rings. The molecular formula is C14H27ClO4. The largest absolute Gasteiger partial charge is 0.379 e. The third kappa shape index (κ3) is 17.9. The summed E-state index contributed by atoms with van der Waals surface area (Å²) in [7, 11) is 0. The molecule has 0 aliphatic heterocycles. The lowest BCUT2D eigenvalue weighted by molar-refractivity contribution is 0.000629. The van der Waals surface area contributed by atoms with Crippen molar-refractivity contribution in [3.63, 3.8) is 0 Å². The molecule has 19 heavy (non-hydrogen) atoms. The zero-order chi connectivity index (χ0) is 14.0. The SMILES string of the molecule is CCCCOCCOCCOCCOC/C=C/CCl.